The van der Waals surface area contributed by atoms with Crippen LogP contribution >= 0.6 is 0 Å². The predicted octanol–water partition coefficient (Wildman–Crippen LogP) is 6.26. The highest BCUT2D eigenvalue weighted by Crippen LogP contribution is 2.35. The molecule has 5 rings (SSSR count). The third-order valence-electron chi connectivity index (χ3n) is 8.46. The maximum Gasteiger partial charge on any atom is 0.309 e. The number of fused-ring (bicyclic) bond motifs is 1. The molecule has 1 heterocycles. The average molecular weight is 566 g/mol. The first kappa shape index (κ1) is 29.2. The molecule has 0 radical (unpaired) electrons. The number of nitrogens with one attached hydrogen (secondary N) is 1. The molecule has 7 nitrogen and oxygen atoms in total. The molecule has 2 amide bonds. The fourth-order valence-electron chi connectivity index (χ4n) is 6.24. The number of methoxy groups -OCH3 is 1. The van der Waals surface area contributed by atoms with Crippen molar-refractivity contribution < 1.29 is 19.1 Å². The molecule has 1 aliphatic carbocycles. The standard InChI is InChI=1S/C35H39N3O4/c1-4-9-23(2)33(34(40)36-31-13-8-12-27-20-28(21-29(27)31)35(41)42-3)26-16-14-24(15-17-26)22-38-32(39)19-18-30(37-38)25-10-6-5-7-11-25/h5-8,10-17,23,28,33H,4,9,18-22H2,1-3H3,(H,36,40). The Morgan fingerprint density at radius 1 is 1.00 bits per heavy atom. The van der Waals surface area contributed by atoms with Crippen molar-refractivity contribution in [2.75, 3.05) is 12.4 Å². The van der Waals surface area contributed by atoms with Gasteiger partial charge in [0, 0.05) is 18.5 Å². The lowest BCUT2D eigenvalue weighted by Crippen LogP contribution is -2.31. The molecule has 7 heteroatoms. The second-order valence-corrected chi connectivity index (χ2v) is 11.4. The van der Waals surface area contributed by atoms with Gasteiger partial charge in [0.1, 0.15) is 0 Å². The number of carbonyl (C=O) groups excluding carboxylic acids is 3. The van der Waals surface area contributed by atoms with E-state index < -0.39 is 0 Å². The molecule has 0 saturated carbocycles. The van der Waals surface area contributed by atoms with Crippen LogP contribution in [-0.2, 0) is 38.5 Å². The van der Waals surface area contributed by atoms with Crippen LogP contribution in [0, 0.1) is 11.8 Å². The van der Waals surface area contributed by atoms with Crippen molar-refractivity contribution in [3.8, 4) is 0 Å². The van der Waals surface area contributed by atoms with Gasteiger partial charge in [-0.15, -0.1) is 0 Å². The first-order valence-electron chi connectivity index (χ1n) is 14.9. The van der Waals surface area contributed by atoms with Gasteiger partial charge in [-0.3, -0.25) is 14.4 Å². The molecule has 42 heavy (non-hydrogen) atoms. The first-order chi connectivity index (χ1) is 20.4. The topological polar surface area (TPSA) is 88.1 Å². The molecule has 0 saturated heterocycles. The fraction of sp³-hybridized carbons (Fsp3) is 0.371. The number of amides is 2. The van der Waals surface area contributed by atoms with Gasteiger partial charge in [0.25, 0.3) is 0 Å². The van der Waals surface area contributed by atoms with E-state index in [0.29, 0.717) is 32.2 Å². The molecule has 3 aromatic carbocycles. The summed E-state index contributed by atoms with van der Waals surface area (Å²) >= 11 is 0. The zero-order valence-corrected chi connectivity index (χ0v) is 24.6. The number of carbonyl (C=O) groups is 3. The van der Waals surface area contributed by atoms with E-state index in [1.165, 1.54) is 7.11 Å². The number of anilines is 1. The number of esters is 1. The highest BCUT2D eigenvalue weighted by atomic mass is 16.5. The Kier molecular flexibility index (Phi) is 9.15. The largest absolute Gasteiger partial charge is 0.469 e. The summed E-state index contributed by atoms with van der Waals surface area (Å²) in [5.74, 6) is -0.690. The molecule has 1 N–H and O–H groups in total. The van der Waals surface area contributed by atoms with E-state index in [4.69, 9.17) is 4.74 Å². The molecule has 0 fully saturated rings. The summed E-state index contributed by atoms with van der Waals surface area (Å²) in [6.07, 6.45) is 4.15. The van der Waals surface area contributed by atoms with Crippen LogP contribution in [0.15, 0.2) is 77.9 Å². The van der Waals surface area contributed by atoms with Gasteiger partial charge in [-0.1, -0.05) is 87.0 Å². The summed E-state index contributed by atoms with van der Waals surface area (Å²) < 4.78 is 4.97. The van der Waals surface area contributed by atoms with Crippen LogP contribution in [0.25, 0.3) is 0 Å². The van der Waals surface area contributed by atoms with E-state index >= 15 is 0 Å². The number of hydrazone groups is 1. The quantitative estimate of drug-likeness (QED) is 0.294. The Labute approximate surface area is 248 Å². The highest BCUT2D eigenvalue weighted by molar-refractivity contribution is 6.04. The Morgan fingerprint density at radius 3 is 2.48 bits per heavy atom. The van der Waals surface area contributed by atoms with Crippen molar-refractivity contribution >= 4 is 29.2 Å². The molecule has 0 spiro atoms. The number of hydrogen-bond donors (Lipinski definition) is 1. The molecule has 0 bridgehead atoms. The smallest absolute Gasteiger partial charge is 0.309 e. The van der Waals surface area contributed by atoms with E-state index in [0.717, 1.165) is 52.1 Å². The summed E-state index contributed by atoms with van der Waals surface area (Å²) in [5.41, 5.74) is 6.72. The van der Waals surface area contributed by atoms with E-state index in [2.05, 4.69) is 24.3 Å². The minimum absolute atomic E-state index is 0.0115. The van der Waals surface area contributed by atoms with Crippen LogP contribution in [0.5, 0.6) is 0 Å². The lowest BCUT2D eigenvalue weighted by molar-refractivity contribution is -0.145. The molecule has 218 valence electrons. The Balaban J connectivity index is 1.33. The van der Waals surface area contributed by atoms with Crippen molar-refractivity contribution in [3.63, 3.8) is 0 Å². The van der Waals surface area contributed by atoms with Crippen LogP contribution in [-0.4, -0.2) is 35.6 Å². The second-order valence-electron chi connectivity index (χ2n) is 11.4. The van der Waals surface area contributed by atoms with Crippen LogP contribution in [0.3, 0.4) is 0 Å². The molecule has 1 aliphatic heterocycles. The van der Waals surface area contributed by atoms with Gasteiger partial charge in [-0.05, 0) is 59.1 Å². The van der Waals surface area contributed by atoms with Crippen molar-refractivity contribution in [1.29, 1.82) is 0 Å². The van der Waals surface area contributed by atoms with E-state index in [1.807, 2.05) is 72.8 Å². The van der Waals surface area contributed by atoms with Gasteiger partial charge in [0.05, 0.1) is 31.2 Å². The molecule has 3 atom stereocenters. The van der Waals surface area contributed by atoms with Gasteiger partial charge >= 0.3 is 5.97 Å². The van der Waals surface area contributed by atoms with Crippen LogP contribution in [0.2, 0.25) is 0 Å². The molecular weight excluding hydrogens is 526 g/mol. The molecule has 3 aromatic rings. The number of benzene rings is 3. The summed E-state index contributed by atoms with van der Waals surface area (Å²) in [7, 11) is 1.42. The van der Waals surface area contributed by atoms with Crippen LogP contribution < -0.4 is 5.32 Å². The number of ether oxygens (including phenoxy) is 1. The maximum atomic E-state index is 13.8. The Bertz CT molecular complexity index is 1470. The average Bonchev–Trinajstić information content (AvgIpc) is 3.45. The van der Waals surface area contributed by atoms with Gasteiger partial charge < -0.3 is 10.1 Å². The summed E-state index contributed by atoms with van der Waals surface area (Å²) in [6, 6.07) is 23.8. The van der Waals surface area contributed by atoms with Crippen molar-refractivity contribution in [2.45, 2.75) is 64.8 Å². The lowest BCUT2D eigenvalue weighted by atomic mass is 9.83. The zero-order chi connectivity index (χ0) is 29.6. The minimum Gasteiger partial charge on any atom is -0.469 e. The molecule has 2 aliphatic rings. The zero-order valence-electron chi connectivity index (χ0n) is 24.6. The van der Waals surface area contributed by atoms with E-state index in [9.17, 15) is 14.4 Å². The first-order valence-corrected chi connectivity index (χ1v) is 14.9. The highest BCUT2D eigenvalue weighted by Gasteiger charge is 2.32. The lowest BCUT2D eigenvalue weighted by Gasteiger charge is -2.25. The fourth-order valence-corrected chi connectivity index (χ4v) is 6.24. The van der Waals surface area contributed by atoms with Gasteiger partial charge in [-0.2, -0.15) is 5.10 Å². The third kappa shape index (κ3) is 6.46. The summed E-state index contributed by atoms with van der Waals surface area (Å²) in [5, 5.41) is 9.43. The monoisotopic (exact) mass is 565 g/mol. The van der Waals surface area contributed by atoms with Gasteiger partial charge in [-0.25, -0.2) is 5.01 Å². The minimum atomic E-state index is -0.341. The predicted molar refractivity (Wildman–Crippen MR) is 164 cm³/mol. The maximum absolute atomic E-state index is 13.8. The van der Waals surface area contributed by atoms with Crippen molar-refractivity contribution in [3.05, 3.63) is 101 Å². The van der Waals surface area contributed by atoms with Gasteiger partial charge in [0.15, 0.2) is 0 Å². The SMILES string of the molecule is CCCC(C)C(C(=O)Nc1cccc2c1CC(C(=O)OC)C2)c1ccc(CN2N=C(c3ccccc3)CCC2=O)cc1. The normalized spacial score (nSPS) is 17.7. The third-order valence-corrected chi connectivity index (χ3v) is 8.46. The molecule has 3 unspecified atom stereocenters. The second kappa shape index (κ2) is 13.1. The van der Waals surface area contributed by atoms with Crippen LogP contribution in [0.1, 0.15) is 73.3 Å². The van der Waals surface area contributed by atoms with Crippen LogP contribution in [0.4, 0.5) is 5.69 Å². The summed E-state index contributed by atoms with van der Waals surface area (Å²) in [4.78, 5) is 38.7. The van der Waals surface area contributed by atoms with E-state index in [1.54, 1.807) is 5.01 Å². The van der Waals surface area contributed by atoms with Crippen molar-refractivity contribution in [1.82, 2.24) is 5.01 Å². The molecular formula is C35H39N3O4. The Morgan fingerprint density at radius 2 is 1.76 bits per heavy atom. The Hall–Kier alpha value is -4.26. The summed E-state index contributed by atoms with van der Waals surface area (Å²) in [6.45, 7) is 4.64. The number of nitrogens with zero attached hydrogens (tertiary/aromatic N) is 2. The number of hydrogen-bond acceptors (Lipinski definition) is 5. The van der Waals surface area contributed by atoms with Crippen molar-refractivity contribution in [2.24, 2.45) is 16.9 Å². The number of rotatable bonds is 10. The van der Waals surface area contributed by atoms with Gasteiger partial charge in [0.2, 0.25) is 11.8 Å². The molecule has 0 aromatic heterocycles. The van der Waals surface area contributed by atoms with E-state index in [-0.39, 0.29) is 35.5 Å².